The van der Waals surface area contributed by atoms with E-state index in [1.165, 1.54) is 17.7 Å². The predicted molar refractivity (Wildman–Crippen MR) is 119 cm³/mol. The molecule has 0 bridgehead atoms. The second-order valence-electron chi connectivity index (χ2n) is 8.43. The molecule has 1 atom stereocenters. The first kappa shape index (κ1) is 22.6. The summed E-state index contributed by atoms with van der Waals surface area (Å²) in [6, 6.07) is 8.15. The topological polar surface area (TPSA) is 107 Å². The SMILES string of the molecule is COC(=O)c1c(OC(C)C)cc(=O)n2c1CCN(C(=O)C[C@@H]1NC(=O)c3ccccc31)CC2. The normalized spacial score (nSPS) is 17.2. The Morgan fingerprint density at radius 1 is 1.15 bits per heavy atom. The highest BCUT2D eigenvalue weighted by Crippen LogP contribution is 2.29. The largest absolute Gasteiger partial charge is 0.490 e. The summed E-state index contributed by atoms with van der Waals surface area (Å²) in [6.45, 7) is 4.52. The second kappa shape index (κ2) is 9.09. The van der Waals surface area contributed by atoms with Crippen LogP contribution in [0.4, 0.5) is 0 Å². The Hall–Kier alpha value is -3.62. The number of rotatable bonds is 5. The zero-order valence-corrected chi connectivity index (χ0v) is 18.9. The Morgan fingerprint density at radius 2 is 1.91 bits per heavy atom. The summed E-state index contributed by atoms with van der Waals surface area (Å²) < 4.78 is 12.2. The van der Waals surface area contributed by atoms with E-state index in [4.69, 9.17) is 9.47 Å². The molecular weight excluding hydrogens is 426 g/mol. The highest BCUT2D eigenvalue weighted by molar-refractivity contribution is 5.99. The number of benzene rings is 1. The number of methoxy groups -OCH3 is 1. The molecule has 0 saturated carbocycles. The zero-order chi connectivity index (χ0) is 23.7. The van der Waals surface area contributed by atoms with Crippen molar-refractivity contribution in [2.24, 2.45) is 0 Å². The number of aromatic nitrogens is 1. The number of hydrogen-bond donors (Lipinski definition) is 1. The van der Waals surface area contributed by atoms with Gasteiger partial charge in [-0.05, 0) is 25.5 Å². The maximum absolute atomic E-state index is 13.1. The van der Waals surface area contributed by atoms with Crippen LogP contribution in [0.25, 0.3) is 0 Å². The van der Waals surface area contributed by atoms with Crippen LogP contribution in [0, 0.1) is 0 Å². The van der Waals surface area contributed by atoms with E-state index in [9.17, 15) is 19.2 Å². The van der Waals surface area contributed by atoms with Gasteiger partial charge >= 0.3 is 5.97 Å². The van der Waals surface area contributed by atoms with Crippen LogP contribution in [0.15, 0.2) is 35.1 Å². The molecule has 2 amide bonds. The number of nitrogens with zero attached hydrogens (tertiary/aromatic N) is 2. The van der Waals surface area contributed by atoms with E-state index >= 15 is 0 Å². The average Bonchev–Trinajstić information content (AvgIpc) is 2.95. The fourth-order valence-electron chi connectivity index (χ4n) is 4.45. The molecule has 9 nitrogen and oxygen atoms in total. The van der Waals surface area contributed by atoms with Crippen molar-refractivity contribution in [2.75, 3.05) is 20.2 Å². The molecule has 0 saturated heterocycles. The van der Waals surface area contributed by atoms with Crippen molar-refractivity contribution >= 4 is 17.8 Å². The molecule has 3 heterocycles. The third-order valence-corrected chi connectivity index (χ3v) is 5.96. The predicted octanol–water partition coefficient (Wildman–Crippen LogP) is 1.68. The van der Waals surface area contributed by atoms with Crippen molar-refractivity contribution in [1.82, 2.24) is 14.8 Å². The number of fused-ring (bicyclic) bond motifs is 2. The third-order valence-electron chi connectivity index (χ3n) is 5.96. The van der Waals surface area contributed by atoms with Gasteiger partial charge in [-0.2, -0.15) is 0 Å². The first-order valence-corrected chi connectivity index (χ1v) is 11.0. The smallest absolute Gasteiger partial charge is 0.343 e. The quantitative estimate of drug-likeness (QED) is 0.691. The van der Waals surface area contributed by atoms with Crippen molar-refractivity contribution in [3.8, 4) is 5.75 Å². The fourth-order valence-corrected chi connectivity index (χ4v) is 4.45. The lowest BCUT2D eigenvalue weighted by atomic mass is 10.0. The van der Waals surface area contributed by atoms with Gasteiger partial charge in [-0.3, -0.25) is 14.4 Å². The number of nitrogens with one attached hydrogen (secondary N) is 1. The molecule has 0 fully saturated rings. The monoisotopic (exact) mass is 453 g/mol. The molecular formula is C24H27N3O6. The Labute approximate surface area is 191 Å². The van der Waals surface area contributed by atoms with Crippen LogP contribution < -0.4 is 15.6 Å². The van der Waals surface area contributed by atoms with E-state index in [1.807, 2.05) is 26.0 Å². The summed E-state index contributed by atoms with van der Waals surface area (Å²) >= 11 is 0. The first-order chi connectivity index (χ1) is 15.8. The van der Waals surface area contributed by atoms with Crippen LogP contribution in [0.1, 0.15) is 58.3 Å². The van der Waals surface area contributed by atoms with Crippen LogP contribution in [0.3, 0.4) is 0 Å². The molecule has 174 valence electrons. The third kappa shape index (κ3) is 4.35. The minimum Gasteiger partial charge on any atom is -0.490 e. The van der Waals surface area contributed by atoms with E-state index < -0.39 is 5.97 Å². The standard InChI is InChI=1S/C24H27N3O6/c1-14(2)33-19-13-21(29)27-11-10-26(9-8-18(27)22(19)24(31)32-3)20(28)12-17-15-6-4-5-7-16(15)23(30)25-17/h4-7,13-14,17H,8-12H2,1-3H3,(H,25,30)/t17-/m0/s1. The number of amides is 2. The lowest BCUT2D eigenvalue weighted by molar-refractivity contribution is -0.131. The van der Waals surface area contributed by atoms with Crippen molar-refractivity contribution in [3.63, 3.8) is 0 Å². The average molecular weight is 453 g/mol. The lowest BCUT2D eigenvalue weighted by Gasteiger charge is -2.22. The maximum atomic E-state index is 13.1. The molecule has 1 N–H and O–H groups in total. The Bertz CT molecular complexity index is 1170. The molecule has 0 spiro atoms. The molecule has 0 aliphatic carbocycles. The fraction of sp³-hybridized carbons (Fsp3) is 0.417. The molecule has 33 heavy (non-hydrogen) atoms. The lowest BCUT2D eigenvalue weighted by Crippen LogP contribution is -2.36. The molecule has 9 heteroatoms. The molecule has 0 unspecified atom stereocenters. The van der Waals surface area contributed by atoms with Gasteiger partial charge in [0.25, 0.3) is 11.5 Å². The zero-order valence-electron chi connectivity index (χ0n) is 18.9. The van der Waals surface area contributed by atoms with Crippen molar-refractivity contribution in [3.05, 3.63) is 63.1 Å². The van der Waals surface area contributed by atoms with Gasteiger partial charge in [-0.1, -0.05) is 18.2 Å². The van der Waals surface area contributed by atoms with Crippen LogP contribution in [0.5, 0.6) is 5.75 Å². The van der Waals surface area contributed by atoms with Gasteiger partial charge in [0.15, 0.2) is 0 Å². The van der Waals surface area contributed by atoms with Crippen LogP contribution >= 0.6 is 0 Å². The number of hydrogen-bond acceptors (Lipinski definition) is 6. The van der Waals surface area contributed by atoms with Crippen molar-refractivity contribution in [2.45, 2.75) is 45.4 Å². The summed E-state index contributed by atoms with van der Waals surface area (Å²) in [5, 5.41) is 2.87. The maximum Gasteiger partial charge on any atom is 0.343 e. The summed E-state index contributed by atoms with van der Waals surface area (Å²) in [5.41, 5.74) is 1.83. The number of esters is 1. The van der Waals surface area contributed by atoms with Gasteiger partial charge in [0.2, 0.25) is 5.91 Å². The molecule has 1 aromatic carbocycles. The number of ether oxygens (including phenoxy) is 2. The van der Waals surface area contributed by atoms with Gasteiger partial charge in [0.1, 0.15) is 11.3 Å². The van der Waals surface area contributed by atoms with Crippen molar-refractivity contribution in [1.29, 1.82) is 0 Å². The minimum absolute atomic E-state index is 0.125. The molecule has 0 radical (unpaired) electrons. The minimum atomic E-state index is -0.584. The van der Waals surface area contributed by atoms with Crippen LogP contribution in [-0.2, 0) is 22.5 Å². The Kier molecular flexibility index (Phi) is 6.22. The molecule has 2 aliphatic rings. The summed E-state index contributed by atoms with van der Waals surface area (Å²) in [5.74, 6) is -0.702. The van der Waals surface area contributed by atoms with Gasteiger partial charge < -0.3 is 24.3 Å². The van der Waals surface area contributed by atoms with Gasteiger partial charge in [0.05, 0.1) is 25.7 Å². The molecule has 1 aromatic heterocycles. The summed E-state index contributed by atoms with van der Waals surface area (Å²) in [6.07, 6.45) is 0.192. The van der Waals surface area contributed by atoms with Gasteiger partial charge in [0, 0.05) is 43.4 Å². The van der Waals surface area contributed by atoms with Gasteiger partial charge in [-0.25, -0.2) is 4.79 Å². The summed E-state index contributed by atoms with van der Waals surface area (Å²) in [7, 11) is 1.28. The second-order valence-corrected chi connectivity index (χ2v) is 8.43. The number of carbonyl (C=O) groups is 3. The van der Waals surface area contributed by atoms with Gasteiger partial charge in [-0.15, -0.1) is 0 Å². The molecule has 2 aromatic rings. The van der Waals surface area contributed by atoms with E-state index in [0.29, 0.717) is 30.8 Å². The number of carbonyl (C=O) groups excluding carboxylic acids is 3. The molecule has 4 rings (SSSR count). The molecule has 2 aliphatic heterocycles. The van der Waals surface area contributed by atoms with E-state index in [1.54, 1.807) is 17.0 Å². The van der Waals surface area contributed by atoms with E-state index in [-0.39, 0.29) is 53.8 Å². The van der Waals surface area contributed by atoms with Crippen LogP contribution in [-0.4, -0.2) is 53.6 Å². The summed E-state index contributed by atoms with van der Waals surface area (Å²) in [4.78, 5) is 52.3. The Balaban J connectivity index is 1.57. The van der Waals surface area contributed by atoms with Crippen molar-refractivity contribution < 1.29 is 23.9 Å². The number of pyridine rings is 1. The highest BCUT2D eigenvalue weighted by Gasteiger charge is 2.32. The van der Waals surface area contributed by atoms with Crippen LogP contribution in [0.2, 0.25) is 0 Å². The highest BCUT2D eigenvalue weighted by atomic mass is 16.5. The van der Waals surface area contributed by atoms with E-state index in [2.05, 4.69) is 5.32 Å². The first-order valence-electron chi connectivity index (χ1n) is 11.0. The Morgan fingerprint density at radius 3 is 2.64 bits per heavy atom. The van der Waals surface area contributed by atoms with E-state index in [0.717, 1.165) is 5.56 Å².